The first-order valence-corrected chi connectivity index (χ1v) is 9.38. The van der Waals surface area contributed by atoms with Crippen molar-refractivity contribution in [3.63, 3.8) is 0 Å². The molecule has 0 radical (unpaired) electrons. The van der Waals surface area contributed by atoms with Crippen LogP contribution in [0.4, 0.5) is 17.1 Å². The molecule has 0 bridgehead atoms. The smallest absolute Gasteiger partial charge is 0.228 e. The van der Waals surface area contributed by atoms with E-state index in [-0.39, 0.29) is 23.7 Å². The number of benzene rings is 2. The molecule has 27 heavy (non-hydrogen) atoms. The molecule has 2 aromatic rings. The van der Waals surface area contributed by atoms with Crippen molar-refractivity contribution in [2.45, 2.75) is 26.7 Å². The number of carbonyl (C=O) groups is 2. The fourth-order valence-corrected chi connectivity index (χ4v) is 3.27. The van der Waals surface area contributed by atoms with E-state index in [0.29, 0.717) is 6.42 Å². The molecule has 1 saturated carbocycles. The van der Waals surface area contributed by atoms with E-state index in [1.807, 2.05) is 68.4 Å². The van der Waals surface area contributed by atoms with E-state index in [1.165, 1.54) is 0 Å². The van der Waals surface area contributed by atoms with Gasteiger partial charge in [-0.25, -0.2) is 0 Å². The summed E-state index contributed by atoms with van der Waals surface area (Å²) in [5.41, 5.74) is 4.87. The predicted octanol–water partition coefficient (Wildman–Crippen LogP) is 3.84. The summed E-state index contributed by atoms with van der Waals surface area (Å²) < 4.78 is 0. The molecular weight excluding hydrogens is 338 g/mol. The molecule has 2 N–H and O–H groups in total. The maximum atomic E-state index is 12.6. The molecule has 2 unspecified atom stereocenters. The molecule has 142 valence electrons. The Kier molecular flexibility index (Phi) is 5.49. The zero-order chi connectivity index (χ0) is 19.6. The number of aryl methyl sites for hydroxylation is 2. The fraction of sp³-hybridized carbons (Fsp3) is 0.364. The van der Waals surface area contributed by atoms with Gasteiger partial charge in [0.05, 0.1) is 11.8 Å². The van der Waals surface area contributed by atoms with E-state index in [4.69, 9.17) is 0 Å². The standard InChI is InChI=1S/C22H27N3O2/c1-5-15-8-6-7-14(2)20(15)24-22(27)19-13-18(19)21(26)23-16-9-11-17(12-10-16)25(3)4/h6-12,18-19H,5,13H2,1-4H3,(H,23,26)(H,24,27). The molecule has 1 fully saturated rings. The number of hydrogen-bond acceptors (Lipinski definition) is 3. The highest BCUT2D eigenvalue weighted by Gasteiger charge is 2.48. The Morgan fingerprint density at radius 2 is 1.63 bits per heavy atom. The Labute approximate surface area is 160 Å². The van der Waals surface area contributed by atoms with Gasteiger partial charge in [-0.15, -0.1) is 0 Å². The van der Waals surface area contributed by atoms with Crippen LogP contribution in [0.15, 0.2) is 42.5 Å². The van der Waals surface area contributed by atoms with E-state index in [1.54, 1.807) is 0 Å². The minimum Gasteiger partial charge on any atom is -0.378 e. The van der Waals surface area contributed by atoms with Gasteiger partial charge in [0.1, 0.15) is 0 Å². The summed E-state index contributed by atoms with van der Waals surface area (Å²) in [6.45, 7) is 4.06. The lowest BCUT2D eigenvalue weighted by Crippen LogP contribution is -2.21. The molecular formula is C22H27N3O2. The van der Waals surface area contributed by atoms with Gasteiger partial charge in [-0.2, -0.15) is 0 Å². The van der Waals surface area contributed by atoms with Crippen LogP contribution in [0, 0.1) is 18.8 Å². The number of amides is 2. The number of para-hydroxylation sites is 1. The van der Waals surface area contributed by atoms with Crippen LogP contribution in [-0.4, -0.2) is 25.9 Å². The van der Waals surface area contributed by atoms with Crippen molar-refractivity contribution in [3.05, 3.63) is 53.6 Å². The quantitative estimate of drug-likeness (QED) is 0.818. The van der Waals surface area contributed by atoms with Crippen molar-refractivity contribution >= 4 is 28.9 Å². The van der Waals surface area contributed by atoms with Gasteiger partial charge < -0.3 is 15.5 Å². The van der Waals surface area contributed by atoms with Crippen molar-refractivity contribution in [1.29, 1.82) is 0 Å². The van der Waals surface area contributed by atoms with Crippen molar-refractivity contribution in [2.75, 3.05) is 29.6 Å². The number of carbonyl (C=O) groups excluding carboxylic acids is 2. The first-order valence-electron chi connectivity index (χ1n) is 9.38. The van der Waals surface area contributed by atoms with Crippen molar-refractivity contribution < 1.29 is 9.59 Å². The summed E-state index contributed by atoms with van der Waals surface area (Å²) in [6, 6.07) is 13.7. The zero-order valence-corrected chi connectivity index (χ0v) is 16.4. The number of anilines is 3. The van der Waals surface area contributed by atoms with Crippen LogP contribution in [0.3, 0.4) is 0 Å². The molecule has 0 saturated heterocycles. The highest BCUT2D eigenvalue weighted by Crippen LogP contribution is 2.40. The van der Waals surface area contributed by atoms with Crippen LogP contribution >= 0.6 is 0 Å². The second-order valence-corrected chi connectivity index (χ2v) is 7.33. The monoisotopic (exact) mass is 365 g/mol. The summed E-state index contributed by atoms with van der Waals surface area (Å²) in [6.07, 6.45) is 1.45. The minimum atomic E-state index is -0.257. The highest BCUT2D eigenvalue weighted by molar-refractivity contribution is 6.03. The number of rotatable bonds is 6. The van der Waals surface area contributed by atoms with E-state index in [0.717, 1.165) is 34.6 Å². The van der Waals surface area contributed by atoms with Crippen LogP contribution in [0.5, 0.6) is 0 Å². The SMILES string of the molecule is CCc1cccc(C)c1NC(=O)C1CC1C(=O)Nc1ccc(N(C)C)cc1. The first kappa shape index (κ1) is 19.0. The van der Waals surface area contributed by atoms with Gasteiger partial charge in [0.15, 0.2) is 0 Å². The third-order valence-corrected chi connectivity index (χ3v) is 5.10. The normalized spacial score (nSPS) is 17.9. The molecule has 0 spiro atoms. The van der Waals surface area contributed by atoms with E-state index in [2.05, 4.69) is 17.6 Å². The summed E-state index contributed by atoms with van der Waals surface area (Å²) >= 11 is 0. The van der Waals surface area contributed by atoms with Gasteiger partial charge in [-0.1, -0.05) is 25.1 Å². The number of nitrogens with zero attached hydrogens (tertiary/aromatic N) is 1. The summed E-state index contributed by atoms with van der Waals surface area (Å²) in [7, 11) is 3.94. The van der Waals surface area contributed by atoms with Gasteiger partial charge in [0.25, 0.3) is 0 Å². The largest absolute Gasteiger partial charge is 0.378 e. The summed E-state index contributed by atoms with van der Waals surface area (Å²) in [4.78, 5) is 27.0. The fourth-order valence-electron chi connectivity index (χ4n) is 3.27. The van der Waals surface area contributed by atoms with Gasteiger partial charge in [-0.05, 0) is 55.2 Å². The Balaban J connectivity index is 1.59. The Hall–Kier alpha value is -2.82. The summed E-state index contributed by atoms with van der Waals surface area (Å²) in [5, 5.41) is 5.95. The molecule has 1 aliphatic carbocycles. The van der Waals surface area contributed by atoms with Gasteiger partial charge >= 0.3 is 0 Å². The molecule has 5 nitrogen and oxygen atoms in total. The van der Waals surface area contributed by atoms with Crippen LogP contribution in [0.25, 0.3) is 0 Å². The van der Waals surface area contributed by atoms with Gasteiger partial charge in [-0.3, -0.25) is 9.59 Å². The predicted molar refractivity (Wildman–Crippen MR) is 110 cm³/mol. The molecule has 2 amide bonds. The van der Waals surface area contributed by atoms with E-state index >= 15 is 0 Å². The molecule has 2 aromatic carbocycles. The maximum absolute atomic E-state index is 12.6. The number of nitrogens with one attached hydrogen (secondary N) is 2. The molecule has 0 heterocycles. The topological polar surface area (TPSA) is 61.4 Å². The third kappa shape index (κ3) is 4.30. The minimum absolute atomic E-state index is 0.0675. The van der Waals surface area contributed by atoms with E-state index in [9.17, 15) is 9.59 Å². The van der Waals surface area contributed by atoms with Crippen LogP contribution < -0.4 is 15.5 Å². The van der Waals surface area contributed by atoms with E-state index < -0.39 is 0 Å². The lowest BCUT2D eigenvalue weighted by atomic mass is 10.1. The van der Waals surface area contributed by atoms with Crippen molar-refractivity contribution in [1.82, 2.24) is 0 Å². The Bertz CT molecular complexity index is 843. The van der Waals surface area contributed by atoms with Gasteiger partial charge in [0, 0.05) is 31.2 Å². The summed E-state index contributed by atoms with van der Waals surface area (Å²) in [5.74, 6) is -0.668. The average Bonchev–Trinajstić information content (AvgIpc) is 3.45. The lowest BCUT2D eigenvalue weighted by molar-refractivity contribution is -0.122. The molecule has 0 aromatic heterocycles. The van der Waals surface area contributed by atoms with Crippen LogP contribution in [0.1, 0.15) is 24.5 Å². The Morgan fingerprint density at radius 1 is 1.00 bits per heavy atom. The molecule has 3 rings (SSSR count). The molecule has 0 aliphatic heterocycles. The second-order valence-electron chi connectivity index (χ2n) is 7.33. The first-order chi connectivity index (χ1) is 12.9. The molecule has 5 heteroatoms. The molecule has 2 atom stereocenters. The average molecular weight is 365 g/mol. The zero-order valence-electron chi connectivity index (χ0n) is 16.4. The van der Waals surface area contributed by atoms with Crippen molar-refractivity contribution in [3.8, 4) is 0 Å². The third-order valence-electron chi connectivity index (χ3n) is 5.10. The molecule has 1 aliphatic rings. The number of hydrogen-bond donors (Lipinski definition) is 2. The van der Waals surface area contributed by atoms with Gasteiger partial charge in [0.2, 0.25) is 11.8 Å². The van der Waals surface area contributed by atoms with Crippen molar-refractivity contribution in [2.24, 2.45) is 11.8 Å². The Morgan fingerprint density at radius 3 is 2.22 bits per heavy atom. The lowest BCUT2D eigenvalue weighted by Gasteiger charge is -2.13. The highest BCUT2D eigenvalue weighted by atomic mass is 16.2. The second kappa shape index (κ2) is 7.82. The van der Waals surface area contributed by atoms with Crippen LogP contribution in [0.2, 0.25) is 0 Å². The van der Waals surface area contributed by atoms with Crippen LogP contribution in [-0.2, 0) is 16.0 Å². The maximum Gasteiger partial charge on any atom is 0.228 e.